The van der Waals surface area contributed by atoms with Crippen LogP contribution in [0.5, 0.6) is 0 Å². The van der Waals surface area contributed by atoms with Crippen molar-refractivity contribution >= 4 is 11.6 Å². The Labute approximate surface area is 152 Å². The Morgan fingerprint density at radius 1 is 1.27 bits per heavy atom. The van der Waals surface area contributed by atoms with Crippen LogP contribution in [0.1, 0.15) is 40.1 Å². The summed E-state index contributed by atoms with van der Waals surface area (Å²) < 4.78 is 4.92. The molecule has 1 N–H and O–H groups in total. The van der Waals surface area contributed by atoms with Crippen molar-refractivity contribution in [2.75, 3.05) is 12.4 Å². The van der Waals surface area contributed by atoms with Gasteiger partial charge in [0.25, 0.3) is 5.91 Å². The van der Waals surface area contributed by atoms with E-state index < -0.39 is 0 Å². The van der Waals surface area contributed by atoms with Crippen LogP contribution < -0.4 is 5.32 Å². The van der Waals surface area contributed by atoms with Crippen molar-refractivity contribution in [3.63, 3.8) is 0 Å². The van der Waals surface area contributed by atoms with Crippen molar-refractivity contribution < 1.29 is 9.32 Å². The minimum absolute atomic E-state index is 0.115. The summed E-state index contributed by atoms with van der Waals surface area (Å²) in [4.78, 5) is 18.8. The predicted molar refractivity (Wildman–Crippen MR) is 99.8 cm³/mol. The SMILES string of the molecule is Cc1cncc(NC(=O)c2cccc(CN(C)[C@H](C)c3ccon3)c2)c1. The van der Waals surface area contributed by atoms with Crippen molar-refractivity contribution in [2.24, 2.45) is 0 Å². The molecule has 3 aromatic rings. The van der Waals surface area contributed by atoms with Crippen molar-refractivity contribution in [3.8, 4) is 0 Å². The smallest absolute Gasteiger partial charge is 0.255 e. The van der Waals surface area contributed by atoms with Gasteiger partial charge < -0.3 is 9.84 Å². The van der Waals surface area contributed by atoms with Gasteiger partial charge in [-0.1, -0.05) is 17.3 Å². The van der Waals surface area contributed by atoms with Crippen LogP contribution in [-0.2, 0) is 6.54 Å². The van der Waals surface area contributed by atoms with E-state index in [9.17, 15) is 4.79 Å². The Balaban J connectivity index is 1.68. The number of aromatic nitrogens is 2. The molecular formula is C20H22N4O2. The second kappa shape index (κ2) is 7.93. The average Bonchev–Trinajstić information content (AvgIpc) is 3.16. The molecule has 3 rings (SSSR count). The van der Waals surface area contributed by atoms with E-state index in [4.69, 9.17) is 4.52 Å². The third kappa shape index (κ3) is 4.34. The van der Waals surface area contributed by atoms with Crippen LogP contribution in [0.4, 0.5) is 5.69 Å². The maximum Gasteiger partial charge on any atom is 0.255 e. The van der Waals surface area contributed by atoms with Gasteiger partial charge in [-0.05, 0) is 50.2 Å². The normalized spacial score (nSPS) is 12.2. The van der Waals surface area contributed by atoms with E-state index in [2.05, 4.69) is 27.3 Å². The quantitative estimate of drug-likeness (QED) is 0.732. The molecule has 1 atom stereocenters. The van der Waals surface area contributed by atoms with E-state index in [1.807, 2.05) is 50.4 Å². The second-order valence-corrected chi connectivity index (χ2v) is 6.42. The van der Waals surface area contributed by atoms with E-state index in [0.29, 0.717) is 17.8 Å². The average molecular weight is 350 g/mol. The minimum atomic E-state index is -0.147. The van der Waals surface area contributed by atoms with E-state index in [1.165, 1.54) is 0 Å². The number of nitrogens with zero attached hydrogens (tertiary/aromatic N) is 3. The lowest BCUT2D eigenvalue weighted by atomic mass is 10.1. The highest BCUT2D eigenvalue weighted by Crippen LogP contribution is 2.19. The van der Waals surface area contributed by atoms with Gasteiger partial charge in [0.05, 0.1) is 17.9 Å². The number of carbonyl (C=O) groups is 1. The molecule has 0 aliphatic rings. The fourth-order valence-corrected chi connectivity index (χ4v) is 2.73. The predicted octanol–water partition coefficient (Wildman–Crippen LogP) is 3.82. The first kappa shape index (κ1) is 17.8. The first-order chi connectivity index (χ1) is 12.5. The minimum Gasteiger partial charge on any atom is -0.364 e. The first-order valence-corrected chi connectivity index (χ1v) is 8.45. The number of carbonyl (C=O) groups excluding carboxylic acids is 1. The molecule has 6 nitrogen and oxygen atoms in total. The van der Waals surface area contributed by atoms with Crippen LogP contribution in [-0.4, -0.2) is 28.0 Å². The third-order valence-corrected chi connectivity index (χ3v) is 4.30. The molecule has 0 aliphatic carbocycles. The van der Waals surface area contributed by atoms with Gasteiger partial charge in [0, 0.05) is 24.4 Å². The Morgan fingerprint density at radius 3 is 2.85 bits per heavy atom. The topological polar surface area (TPSA) is 71.3 Å². The van der Waals surface area contributed by atoms with Gasteiger partial charge in [-0.15, -0.1) is 0 Å². The molecule has 0 radical (unpaired) electrons. The molecule has 26 heavy (non-hydrogen) atoms. The Kier molecular flexibility index (Phi) is 5.43. The van der Waals surface area contributed by atoms with Crippen LogP contribution >= 0.6 is 0 Å². The molecule has 0 spiro atoms. The summed E-state index contributed by atoms with van der Waals surface area (Å²) in [6, 6.07) is 11.5. The number of amides is 1. The molecule has 1 amide bonds. The van der Waals surface area contributed by atoms with E-state index in [1.54, 1.807) is 18.7 Å². The molecule has 0 unspecified atom stereocenters. The highest BCUT2D eigenvalue weighted by Gasteiger charge is 2.15. The molecule has 0 saturated heterocycles. The van der Waals surface area contributed by atoms with E-state index in [0.717, 1.165) is 16.8 Å². The molecule has 0 fully saturated rings. The highest BCUT2D eigenvalue weighted by molar-refractivity contribution is 6.04. The van der Waals surface area contributed by atoms with Gasteiger partial charge in [0.15, 0.2) is 0 Å². The summed E-state index contributed by atoms with van der Waals surface area (Å²) >= 11 is 0. The number of hydrogen-bond acceptors (Lipinski definition) is 5. The molecule has 2 heterocycles. The maximum atomic E-state index is 12.5. The van der Waals surface area contributed by atoms with Gasteiger partial charge in [0.2, 0.25) is 0 Å². The summed E-state index contributed by atoms with van der Waals surface area (Å²) in [6.45, 7) is 4.70. The van der Waals surface area contributed by atoms with E-state index >= 15 is 0 Å². The third-order valence-electron chi connectivity index (χ3n) is 4.30. The summed E-state index contributed by atoms with van der Waals surface area (Å²) in [6.07, 6.45) is 4.97. The van der Waals surface area contributed by atoms with Crippen molar-refractivity contribution in [1.29, 1.82) is 0 Å². The van der Waals surface area contributed by atoms with Gasteiger partial charge in [0.1, 0.15) is 12.0 Å². The number of aryl methyl sites for hydroxylation is 1. The van der Waals surface area contributed by atoms with Crippen LogP contribution in [0, 0.1) is 6.92 Å². The Morgan fingerprint density at radius 2 is 2.12 bits per heavy atom. The summed E-state index contributed by atoms with van der Waals surface area (Å²) in [7, 11) is 2.02. The summed E-state index contributed by atoms with van der Waals surface area (Å²) in [5, 5.41) is 6.88. The van der Waals surface area contributed by atoms with Crippen molar-refractivity contribution in [1.82, 2.24) is 15.0 Å². The van der Waals surface area contributed by atoms with Gasteiger partial charge >= 0.3 is 0 Å². The number of anilines is 1. The zero-order valence-electron chi connectivity index (χ0n) is 15.1. The lowest BCUT2D eigenvalue weighted by molar-refractivity contribution is 0.102. The van der Waals surface area contributed by atoms with Gasteiger partial charge in [-0.25, -0.2) is 0 Å². The second-order valence-electron chi connectivity index (χ2n) is 6.42. The lowest BCUT2D eigenvalue weighted by Gasteiger charge is -2.23. The molecule has 2 aromatic heterocycles. The lowest BCUT2D eigenvalue weighted by Crippen LogP contribution is -2.22. The van der Waals surface area contributed by atoms with Crippen molar-refractivity contribution in [3.05, 3.63) is 77.4 Å². The monoisotopic (exact) mass is 350 g/mol. The number of pyridine rings is 1. The fraction of sp³-hybridized carbons (Fsp3) is 0.250. The van der Waals surface area contributed by atoms with Crippen molar-refractivity contribution in [2.45, 2.75) is 26.4 Å². The molecule has 134 valence electrons. The number of rotatable bonds is 6. The molecule has 0 saturated carbocycles. The molecule has 1 aromatic carbocycles. The molecule has 0 bridgehead atoms. The zero-order chi connectivity index (χ0) is 18.5. The Bertz CT molecular complexity index is 877. The van der Waals surface area contributed by atoms with Crippen LogP contribution in [0.15, 0.2) is 59.6 Å². The summed E-state index contributed by atoms with van der Waals surface area (Å²) in [5.74, 6) is -0.147. The molecule has 6 heteroatoms. The Hall–Kier alpha value is -2.99. The highest BCUT2D eigenvalue weighted by atomic mass is 16.5. The standard InChI is InChI=1S/C20H22N4O2/c1-14-9-18(12-21-11-14)22-20(25)17-6-4-5-16(10-17)13-24(3)15(2)19-7-8-26-23-19/h4-12,15H,13H2,1-3H3,(H,22,25)/t15-/m1/s1. The fourth-order valence-electron chi connectivity index (χ4n) is 2.73. The largest absolute Gasteiger partial charge is 0.364 e. The first-order valence-electron chi connectivity index (χ1n) is 8.45. The van der Waals surface area contributed by atoms with Crippen LogP contribution in [0.25, 0.3) is 0 Å². The number of benzene rings is 1. The number of hydrogen-bond donors (Lipinski definition) is 1. The zero-order valence-corrected chi connectivity index (χ0v) is 15.1. The van der Waals surface area contributed by atoms with Crippen LogP contribution in [0.2, 0.25) is 0 Å². The van der Waals surface area contributed by atoms with Crippen LogP contribution in [0.3, 0.4) is 0 Å². The molecular weight excluding hydrogens is 328 g/mol. The van der Waals surface area contributed by atoms with E-state index in [-0.39, 0.29) is 11.9 Å². The maximum absolute atomic E-state index is 12.5. The van der Waals surface area contributed by atoms with Gasteiger partial charge in [-0.3, -0.25) is 14.7 Å². The number of nitrogens with one attached hydrogen (secondary N) is 1. The van der Waals surface area contributed by atoms with Gasteiger partial charge in [-0.2, -0.15) is 0 Å². The molecule has 0 aliphatic heterocycles. The summed E-state index contributed by atoms with van der Waals surface area (Å²) in [5.41, 5.74) is 4.25.